The summed E-state index contributed by atoms with van der Waals surface area (Å²) in [4.78, 5) is 41.2. The summed E-state index contributed by atoms with van der Waals surface area (Å²) in [7, 11) is 0. The highest BCUT2D eigenvalue weighted by molar-refractivity contribution is 5.76. The van der Waals surface area contributed by atoms with Crippen LogP contribution in [0.25, 0.3) is 11.0 Å². The van der Waals surface area contributed by atoms with Crippen molar-refractivity contribution in [3.8, 4) is 0 Å². The highest BCUT2D eigenvalue weighted by Crippen LogP contribution is 2.38. The van der Waals surface area contributed by atoms with Crippen molar-refractivity contribution in [3.63, 3.8) is 0 Å². The highest BCUT2D eigenvalue weighted by Gasteiger charge is 2.34. The van der Waals surface area contributed by atoms with Gasteiger partial charge >= 0.3 is 11.7 Å². The maximum atomic E-state index is 12.8. The van der Waals surface area contributed by atoms with E-state index in [1.54, 1.807) is 0 Å². The van der Waals surface area contributed by atoms with Crippen LogP contribution in [-0.4, -0.2) is 62.3 Å². The van der Waals surface area contributed by atoms with E-state index >= 15 is 0 Å². The van der Waals surface area contributed by atoms with Crippen LogP contribution < -0.4 is 11.0 Å². The first kappa shape index (κ1) is 35.5. The Morgan fingerprint density at radius 3 is 2.24 bits per heavy atom. The summed E-state index contributed by atoms with van der Waals surface area (Å²) in [6.45, 7) is 2.89. The minimum absolute atomic E-state index is 0.0117. The second-order valence-corrected chi connectivity index (χ2v) is 13.5. The molecule has 50 heavy (non-hydrogen) atoms. The smallest absolute Gasteiger partial charge is 0.326 e. The predicted molar refractivity (Wildman–Crippen MR) is 189 cm³/mol. The number of aliphatic hydroxyl groups excluding tert-OH is 1. The normalized spacial score (nSPS) is 20.2. The zero-order valence-corrected chi connectivity index (χ0v) is 28.5. The van der Waals surface area contributed by atoms with Gasteiger partial charge in [0.15, 0.2) is 6.29 Å². The van der Waals surface area contributed by atoms with E-state index in [1.165, 1.54) is 0 Å². The number of nitrogens with zero attached hydrogens (tertiary/aromatic N) is 2. The van der Waals surface area contributed by atoms with Gasteiger partial charge in [0.05, 0.1) is 29.8 Å². The molecule has 2 saturated heterocycles. The number of aliphatic hydroxyl groups is 1. The number of imidazole rings is 1. The molecule has 0 radical (unpaired) electrons. The minimum Gasteiger partial charge on any atom is -0.481 e. The zero-order valence-electron chi connectivity index (χ0n) is 28.5. The number of rotatable bonds is 15. The van der Waals surface area contributed by atoms with Crippen LogP contribution in [0.3, 0.4) is 0 Å². The third-order valence-electron chi connectivity index (χ3n) is 9.91. The maximum absolute atomic E-state index is 12.8. The van der Waals surface area contributed by atoms with Gasteiger partial charge in [-0.05, 0) is 54.5 Å². The summed E-state index contributed by atoms with van der Waals surface area (Å²) in [6, 6.07) is 23.9. The summed E-state index contributed by atoms with van der Waals surface area (Å²) in [5.74, 6) is -0.792. The van der Waals surface area contributed by atoms with E-state index in [-0.39, 0.29) is 42.9 Å². The molecule has 0 bridgehead atoms. The second kappa shape index (κ2) is 17.1. The fraction of sp³-hybridized carbons (Fsp3) is 0.462. The number of carbonyl (C=O) groups excluding carboxylic acids is 1. The quantitative estimate of drug-likeness (QED) is 0.116. The summed E-state index contributed by atoms with van der Waals surface area (Å²) < 4.78 is 15.1. The Hall–Kier alpha value is -4.29. The number of amides is 1. The summed E-state index contributed by atoms with van der Waals surface area (Å²) in [6.07, 6.45) is 5.27. The van der Waals surface area contributed by atoms with Gasteiger partial charge in [-0.25, -0.2) is 4.79 Å². The number of hydrogen-bond acceptors (Lipinski definition) is 7. The molecule has 3 aromatic carbocycles. The molecule has 266 valence electrons. The van der Waals surface area contributed by atoms with Gasteiger partial charge in [-0.3, -0.25) is 14.2 Å². The van der Waals surface area contributed by atoms with E-state index in [1.807, 2.05) is 77.4 Å². The average molecular weight is 685 g/mol. The Labute approximate surface area is 292 Å². The van der Waals surface area contributed by atoms with Crippen LogP contribution >= 0.6 is 0 Å². The minimum atomic E-state index is -0.780. The number of carboxylic acid groups (broad SMARTS) is 1. The SMILES string of the molecule is O=C(O)CCCCCCC(=O)NCc1ccc([C@@H]2O[C@H](CN3CCC(n4c(=O)[nH]c5ccccc54)CC3)C[C@H](c3ccc(CO)cc3)O2)cc1. The Morgan fingerprint density at radius 1 is 0.840 bits per heavy atom. The first-order chi connectivity index (χ1) is 24.4. The number of ether oxygens (including phenoxy) is 2. The van der Waals surface area contributed by atoms with Crippen molar-refractivity contribution in [2.75, 3.05) is 19.6 Å². The number of aromatic amines is 1. The Balaban J connectivity index is 1.05. The van der Waals surface area contributed by atoms with Gasteiger partial charge in [0.2, 0.25) is 5.91 Å². The van der Waals surface area contributed by atoms with Crippen LogP contribution in [0.15, 0.2) is 77.6 Å². The molecule has 0 aliphatic carbocycles. The van der Waals surface area contributed by atoms with Crippen molar-refractivity contribution in [2.45, 2.75) is 95.5 Å². The van der Waals surface area contributed by atoms with Crippen molar-refractivity contribution in [1.82, 2.24) is 19.8 Å². The number of hydrogen-bond donors (Lipinski definition) is 4. The van der Waals surface area contributed by atoms with E-state index in [4.69, 9.17) is 14.6 Å². The van der Waals surface area contributed by atoms with Gasteiger partial charge in [-0.15, -0.1) is 0 Å². The van der Waals surface area contributed by atoms with Gasteiger partial charge in [0, 0.05) is 57.0 Å². The highest BCUT2D eigenvalue weighted by atomic mass is 16.7. The van der Waals surface area contributed by atoms with Gasteiger partial charge in [-0.2, -0.15) is 0 Å². The number of fused-ring (bicyclic) bond motifs is 1. The fourth-order valence-corrected chi connectivity index (χ4v) is 7.11. The number of likely N-dealkylation sites (tertiary alicyclic amines) is 1. The number of carboxylic acids is 1. The summed E-state index contributed by atoms with van der Waals surface area (Å²) in [5.41, 5.74) is 5.55. The molecule has 0 unspecified atom stereocenters. The van der Waals surface area contributed by atoms with Crippen molar-refractivity contribution >= 4 is 22.9 Å². The molecule has 4 aromatic rings. The number of carbonyl (C=O) groups is 2. The molecule has 0 spiro atoms. The van der Waals surface area contributed by atoms with Crippen LogP contribution in [0, 0.1) is 0 Å². The molecule has 1 aromatic heterocycles. The fourth-order valence-electron chi connectivity index (χ4n) is 7.11. The largest absolute Gasteiger partial charge is 0.481 e. The number of benzene rings is 3. The van der Waals surface area contributed by atoms with E-state index in [9.17, 15) is 19.5 Å². The molecule has 11 nitrogen and oxygen atoms in total. The van der Waals surface area contributed by atoms with Crippen molar-refractivity contribution in [1.29, 1.82) is 0 Å². The van der Waals surface area contributed by atoms with E-state index in [0.717, 1.165) is 85.0 Å². The van der Waals surface area contributed by atoms with Gasteiger partial charge in [0.25, 0.3) is 0 Å². The van der Waals surface area contributed by atoms with Crippen molar-refractivity contribution < 1.29 is 29.3 Å². The van der Waals surface area contributed by atoms with Crippen LogP contribution in [0.2, 0.25) is 0 Å². The Morgan fingerprint density at radius 2 is 1.52 bits per heavy atom. The molecule has 4 N–H and O–H groups in total. The number of aliphatic carboxylic acids is 1. The van der Waals surface area contributed by atoms with Crippen LogP contribution in [0.5, 0.6) is 0 Å². The first-order valence-corrected chi connectivity index (χ1v) is 17.9. The zero-order chi connectivity index (χ0) is 34.9. The predicted octanol–water partition coefficient (Wildman–Crippen LogP) is 5.75. The Bertz CT molecular complexity index is 1760. The molecule has 0 saturated carbocycles. The number of aromatic nitrogens is 2. The summed E-state index contributed by atoms with van der Waals surface area (Å²) >= 11 is 0. The lowest BCUT2D eigenvalue weighted by molar-refractivity contribution is -0.253. The molecule has 11 heteroatoms. The molecular weight excluding hydrogens is 636 g/mol. The molecule has 3 heterocycles. The molecule has 2 aliphatic rings. The van der Waals surface area contributed by atoms with Crippen LogP contribution in [0.1, 0.15) is 98.5 Å². The molecular formula is C39H48N4O7. The van der Waals surface area contributed by atoms with Crippen molar-refractivity contribution in [2.24, 2.45) is 0 Å². The molecule has 1 amide bonds. The lowest BCUT2D eigenvalue weighted by Crippen LogP contribution is -2.43. The number of piperidine rings is 1. The monoisotopic (exact) mass is 684 g/mol. The van der Waals surface area contributed by atoms with E-state index in [2.05, 4.69) is 15.2 Å². The third-order valence-corrected chi connectivity index (χ3v) is 9.91. The molecule has 3 atom stereocenters. The number of para-hydroxylation sites is 2. The number of H-pyrrole nitrogens is 1. The molecule has 2 fully saturated rings. The first-order valence-electron chi connectivity index (χ1n) is 17.9. The van der Waals surface area contributed by atoms with Crippen LogP contribution in [0.4, 0.5) is 0 Å². The molecule has 6 rings (SSSR count). The Kier molecular flexibility index (Phi) is 12.1. The van der Waals surface area contributed by atoms with E-state index in [0.29, 0.717) is 25.8 Å². The standard InChI is InChI=1S/C39H48N4O7/c44-26-28-13-15-29(16-14-28)35-23-32(25-42-21-19-31(20-22-42)43-34-8-6-5-7-33(34)41-39(43)48)49-38(50-35)30-17-11-27(12-18-30)24-40-36(45)9-3-1-2-4-10-37(46)47/h5-8,11-18,31-32,35,38,44H,1-4,9-10,19-26H2,(H,40,45)(H,41,48)(H,46,47)/t32-,35+,38+/m0/s1. The lowest BCUT2D eigenvalue weighted by atomic mass is 9.98. The molecule has 2 aliphatic heterocycles. The maximum Gasteiger partial charge on any atom is 0.326 e. The van der Waals surface area contributed by atoms with E-state index < -0.39 is 12.3 Å². The average Bonchev–Trinajstić information content (AvgIpc) is 3.48. The van der Waals surface area contributed by atoms with Gasteiger partial charge < -0.3 is 34.9 Å². The number of unbranched alkanes of at least 4 members (excludes halogenated alkanes) is 3. The second-order valence-electron chi connectivity index (χ2n) is 13.5. The van der Waals surface area contributed by atoms with Crippen LogP contribution in [-0.2, 0) is 32.2 Å². The van der Waals surface area contributed by atoms with Crippen molar-refractivity contribution in [3.05, 3.63) is 106 Å². The topological polar surface area (TPSA) is 146 Å². The van der Waals surface area contributed by atoms with Gasteiger partial charge in [0.1, 0.15) is 0 Å². The number of nitrogens with one attached hydrogen (secondary N) is 2. The van der Waals surface area contributed by atoms with Gasteiger partial charge in [-0.1, -0.05) is 73.5 Å². The lowest BCUT2D eigenvalue weighted by Gasteiger charge is -2.40. The summed E-state index contributed by atoms with van der Waals surface area (Å²) in [5, 5.41) is 21.3. The third kappa shape index (κ3) is 9.28.